The second-order valence-electron chi connectivity index (χ2n) is 8.35. The summed E-state index contributed by atoms with van der Waals surface area (Å²) in [6.45, 7) is 6.05. The summed E-state index contributed by atoms with van der Waals surface area (Å²) in [4.78, 5) is 12.3. The Morgan fingerprint density at radius 2 is 1.62 bits per heavy atom. The Morgan fingerprint density at radius 1 is 0.971 bits per heavy atom. The van der Waals surface area contributed by atoms with Gasteiger partial charge in [0.05, 0.1) is 17.1 Å². The molecular formula is C27H32N2O4S. The maximum absolute atomic E-state index is 13.5. The van der Waals surface area contributed by atoms with Gasteiger partial charge in [-0.2, -0.15) is 0 Å². The number of aryl methyl sites for hydroxylation is 1. The maximum atomic E-state index is 13.5. The first kappa shape index (κ1) is 25.3. The molecule has 180 valence electrons. The van der Waals surface area contributed by atoms with E-state index in [0.717, 1.165) is 24.0 Å². The summed E-state index contributed by atoms with van der Waals surface area (Å²) in [6, 6.07) is 23.1. The van der Waals surface area contributed by atoms with Gasteiger partial charge in [-0.25, -0.2) is 8.42 Å². The molecule has 3 aromatic carbocycles. The standard InChI is InChI=1S/C27H32N2O4S/c1-4-8-22(3)28-27(30)20-33-25-15-13-24(14-16-25)29(19-23-9-6-5-7-10-23)34(31,32)26-17-11-21(2)12-18-26/h5-7,9-18,22H,4,8,19-20H2,1-3H3,(H,28,30)/t22-/m0/s1. The van der Waals surface area contributed by atoms with Crippen molar-refractivity contribution in [2.24, 2.45) is 0 Å². The van der Waals surface area contributed by atoms with E-state index < -0.39 is 10.0 Å². The van der Waals surface area contributed by atoms with E-state index in [2.05, 4.69) is 12.2 Å². The van der Waals surface area contributed by atoms with Crippen molar-refractivity contribution < 1.29 is 17.9 Å². The van der Waals surface area contributed by atoms with E-state index >= 15 is 0 Å². The first-order valence-electron chi connectivity index (χ1n) is 11.4. The predicted molar refractivity (Wildman–Crippen MR) is 135 cm³/mol. The number of benzene rings is 3. The van der Waals surface area contributed by atoms with Crippen LogP contribution in [0.5, 0.6) is 5.75 Å². The quantitative estimate of drug-likeness (QED) is 0.416. The average Bonchev–Trinajstić information content (AvgIpc) is 2.82. The van der Waals surface area contributed by atoms with E-state index in [1.165, 1.54) is 4.31 Å². The Balaban J connectivity index is 1.79. The van der Waals surface area contributed by atoms with Gasteiger partial charge in [-0.05, 0) is 62.2 Å². The molecule has 0 unspecified atom stereocenters. The van der Waals surface area contributed by atoms with E-state index in [-0.39, 0.29) is 30.0 Å². The highest BCUT2D eigenvalue weighted by Gasteiger charge is 2.25. The van der Waals surface area contributed by atoms with Gasteiger partial charge in [0, 0.05) is 6.04 Å². The molecule has 0 aliphatic rings. The molecule has 0 bridgehead atoms. The minimum atomic E-state index is -3.80. The third-order valence-electron chi connectivity index (χ3n) is 5.40. The van der Waals surface area contributed by atoms with E-state index in [4.69, 9.17) is 4.74 Å². The first-order valence-corrected chi connectivity index (χ1v) is 12.9. The maximum Gasteiger partial charge on any atom is 0.264 e. The van der Waals surface area contributed by atoms with Crippen molar-refractivity contribution in [2.45, 2.75) is 51.1 Å². The number of amides is 1. The fourth-order valence-corrected chi connectivity index (χ4v) is 5.03. The van der Waals surface area contributed by atoms with Crippen LogP contribution in [0.1, 0.15) is 37.8 Å². The lowest BCUT2D eigenvalue weighted by molar-refractivity contribution is -0.123. The number of carbonyl (C=O) groups excluding carboxylic acids is 1. The zero-order chi connectivity index (χ0) is 24.6. The average molecular weight is 481 g/mol. The fourth-order valence-electron chi connectivity index (χ4n) is 3.58. The van der Waals surface area contributed by atoms with Crippen LogP contribution < -0.4 is 14.4 Å². The SMILES string of the molecule is CCC[C@H](C)NC(=O)COc1ccc(N(Cc2ccccc2)S(=O)(=O)c2ccc(C)cc2)cc1. The minimum absolute atomic E-state index is 0.0944. The van der Waals surface area contributed by atoms with Crippen LogP contribution in [0.25, 0.3) is 0 Å². The van der Waals surface area contributed by atoms with Crippen molar-refractivity contribution in [1.29, 1.82) is 0 Å². The number of nitrogens with one attached hydrogen (secondary N) is 1. The van der Waals surface area contributed by atoms with Gasteiger partial charge in [0.1, 0.15) is 5.75 Å². The molecule has 3 aromatic rings. The summed E-state index contributed by atoms with van der Waals surface area (Å²) in [6.07, 6.45) is 1.90. The van der Waals surface area contributed by atoms with Gasteiger partial charge in [0.15, 0.2) is 6.61 Å². The molecule has 34 heavy (non-hydrogen) atoms. The molecule has 1 N–H and O–H groups in total. The van der Waals surface area contributed by atoms with Crippen LogP contribution in [0.15, 0.2) is 83.8 Å². The second-order valence-corrected chi connectivity index (χ2v) is 10.2. The number of rotatable bonds is 11. The van der Waals surface area contributed by atoms with Gasteiger partial charge in [-0.15, -0.1) is 0 Å². The van der Waals surface area contributed by atoms with Gasteiger partial charge >= 0.3 is 0 Å². The zero-order valence-corrected chi connectivity index (χ0v) is 20.7. The monoisotopic (exact) mass is 480 g/mol. The highest BCUT2D eigenvalue weighted by Crippen LogP contribution is 2.28. The summed E-state index contributed by atoms with van der Waals surface area (Å²) >= 11 is 0. The summed E-state index contributed by atoms with van der Waals surface area (Å²) < 4.78 is 34.1. The number of carbonyl (C=O) groups is 1. The first-order chi connectivity index (χ1) is 16.3. The van der Waals surface area contributed by atoms with Crippen molar-refractivity contribution in [3.63, 3.8) is 0 Å². The lowest BCUT2D eigenvalue weighted by Crippen LogP contribution is -2.35. The molecule has 0 saturated heterocycles. The van der Waals surface area contributed by atoms with Crippen LogP contribution in [-0.4, -0.2) is 27.0 Å². The van der Waals surface area contributed by atoms with Crippen molar-refractivity contribution in [2.75, 3.05) is 10.9 Å². The van der Waals surface area contributed by atoms with Crippen LogP contribution >= 0.6 is 0 Å². The summed E-state index contributed by atoms with van der Waals surface area (Å²) in [5.41, 5.74) is 2.37. The topological polar surface area (TPSA) is 75.7 Å². The third-order valence-corrected chi connectivity index (χ3v) is 7.19. The van der Waals surface area contributed by atoms with Crippen molar-refractivity contribution in [3.8, 4) is 5.75 Å². The Labute approximate surface area is 202 Å². The van der Waals surface area contributed by atoms with Crippen LogP contribution in [0.2, 0.25) is 0 Å². The largest absolute Gasteiger partial charge is 0.484 e. The van der Waals surface area contributed by atoms with Gasteiger partial charge < -0.3 is 10.1 Å². The zero-order valence-electron chi connectivity index (χ0n) is 19.9. The number of anilines is 1. The molecule has 1 atom stereocenters. The Morgan fingerprint density at radius 3 is 2.24 bits per heavy atom. The summed E-state index contributed by atoms with van der Waals surface area (Å²) in [5, 5.41) is 2.90. The number of hydrogen-bond acceptors (Lipinski definition) is 4. The Hall–Kier alpha value is -3.32. The lowest BCUT2D eigenvalue weighted by Gasteiger charge is -2.25. The minimum Gasteiger partial charge on any atom is -0.484 e. The summed E-state index contributed by atoms with van der Waals surface area (Å²) in [5.74, 6) is 0.312. The van der Waals surface area contributed by atoms with Crippen LogP contribution in [0.4, 0.5) is 5.69 Å². The molecule has 0 aromatic heterocycles. The van der Waals surface area contributed by atoms with Crippen molar-refractivity contribution in [3.05, 3.63) is 90.0 Å². The Kier molecular flexibility index (Phi) is 8.71. The van der Waals surface area contributed by atoms with E-state index in [1.54, 1.807) is 48.5 Å². The van der Waals surface area contributed by atoms with Crippen LogP contribution in [-0.2, 0) is 21.4 Å². The molecule has 0 fully saturated rings. The molecule has 0 aliphatic carbocycles. The van der Waals surface area contributed by atoms with Gasteiger partial charge in [0.25, 0.3) is 15.9 Å². The molecule has 1 amide bonds. The number of hydrogen-bond donors (Lipinski definition) is 1. The van der Waals surface area contributed by atoms with E-state index in [1.807, 2.05) is 44.2 Å². The predicted octanol–water partition coefficient (Wildman–Crippen LogP) is 5.07. The Bertz CT molecular complexity index is 1160. The van der Waals surface area contributed by atoms with Gasteiger partial charge in [0.2, 0.25) is 0 Å². The molecule has 0 spiro atoms. The number of ether oxygens (including phenoxy) is 1. The van der Waals surface area contributed by atoms with Crippen LogP contribution in [0, 0.1) is 6.92 Å². The molecule has 0 heterocycles. The lowest BCUT2D eigenvalue weighted by atomic mass is 10.2. The molecule has 3 rings (SSSR count). The number of nitrogens with zero attached hydrogens (tertiary/aromatic N) is 1. The van der Waals surface area contributed by atoms with E-state index in [0.29, 0.717) is 11.4 Å². The molecule has 6 nitrogen and oxygen atoms in total. The fraction of sp³-hybridized carbons (Fsp3) is 0.296. The third kappa shape index (κ3) is 6.84. The molecule has 0 saturated carbocycles. The highest BCUT2D eigenvalue weighted by molar-refractivity contribution is 7.92. The van der Waals surface area contributed by atoms with Gasteiger partial charge in [-0.3, -0.25) is 9.10 Å². The summed E-state index contributed by atoms with van der Waals surface area (Å²) in [7, 11) is -3.80. The van der Waals surface area contributed by atoms with Crippen molar-refractivity contribution in [1.82, 2.24) is 5.32 Å². The molecule has 0 aliphatic heterocycles. The second kappa shape index (κ2) is 11.7. The van der Waals surface area contributed by atoms with E-state index in [9.17, 15) is 13.2 Å². The smallest absolute Gasteiger partial charge is 0.264 e. The number of sulfonamides is 1. The molecule has 7 heteroatoms. The molecule has 0 radical (unpaired) electrons. The normalized spacial score (nSPS) is 12.1. The van der Waals surface area contributed by atoms with Crippen LogP contribution in [0.3, 0.4) is 0 Å². The van der Waals surface area contributed by atoms with Crippen molar-refractivity contribution >= 4 is 21.6 Å². The molecular weight excluding hydrogens is 448 g/mol. The highest BCUT2D eigenvalue weighted by atomic mass is 32.2. The van der Waals surface area contributed by atoms with Gasteiger partial charge in [-0.1, -0.05) is 61.4 Å².